The van der Waals surface area contributed by atoms with Crippen molar-refractivity contribution < 1.29 is 22.6 Å². The molecule has 0 bridgehead atoms. The Morgan fingerprint density at radius 2 is 2.24 bits per heavy atom. The van der Waals surface area contributed by atoms with Crippen LogP contribution < -0.4 is 5.32 Å². The molecule has 6 heteroatoms. The third-order valence-corrected chi connectivity index (χ3v) is 2.84. The van der Waals surface area contributed by atoms with E-state index >= 15 is 0 Å². The van der Waals surface area contributed by atoms with Gasteiger partial charge in [-0.05, 0) is 25.3 Å². The zero-order valence-corrected chi connectivity index (χ0v) is 10.1. The lowest BCUT2D eigenvalue weighted by Gasteiger charge is -2.23. The van der Waals surface area contributed by atoms with Crippen LogP contribution in [0, 0.1) is 5.92 Å². The molecule has 1 aliphatic rings. The van der Waals surface area contributed by atoms with Crippen LogP contribution in [0.4, 0.5) is 13.2 Å². The first-order valence-electron chi connectivity index (χ1n) is 5.98. The summed E-state index contributed by atoms with van der Waals surface area (Å²) in [7, 11) is 0. The van der Waals surface area contributed by atoms with Gasteiger partial charge in [0.1, 0.15) is 6.61 Å². The molecule has 0 saturated carbocycles. The summed E-state index contributed by atoms with van der Waals surface area (Å²) in [5.41, 5.74) is 0. The first kappa shape index (κ1) is 14.7. The minimum Gasteiger partial charge on any atom is -0.381 e. The van der Waals surface area contributed by atoms with Gasteiger partial charge in [0.2, 0.25) is 0 Å². The fourth-order valence-corrected chi connectivity index (χ4v) is 2.03. The van der Waals surface area contributed by atoms with E-state index in [0.717, 1.165) is 19.6 Å². The summed E-state index contributed by atoms with van der Waals surface area (Å²) in [6.45, 7) is 3.20. The molecule has 1 saturated heterocycles. The zero-order valence-electron chi connectivity index (χ0n) is 10.1. The van der Waals surface area contributed by atoms with Crippen molar-refractivity contribution in [2.24, 2.45) is 5.92 Å². The van der Waals surface area contributed by atoms with Crippen LogP contribution in [-0.4, -0.2) is 45.2 Å². The van der Waals surface area contributed by atoms with Gasteiger partial charge < -0.3 is 14.8 Å². The summed E-state index contributed by atoms with van der Waals surface area (Å²) in [6.07, 6.45) is -2.67. The monoisotopic (exact) mass is 255 g/mol. The standard InChI is InChI=1S/C11H20F3NO2/c1-2-15-10(9-3-5-16-7-9)4-6-17-8-11(12,13)14/h9-10,15H,2-8H2,1H3. The molecular weight excluding hydrogens is 235 g/mol. The molecule has 0 aromatic heterocycles. The first-order chi connectivity index (χ1) is 8.03. The SMILES string of the molecule is CCNC(CCOCC(F)(F)F)C1CCOC1. The number of rotatable bonds is 7. The second kappa shape index (κ2) is 7.18. The molecule has 0 spiro atoms. The van der Waals surface area contributed by atoms with E-state index in [0.29, 0.717) is 18.9 Å². The Balaban J connectivity index is 2.20. The molecular formula is C11H20F3NO2. The van der Waals surface area contributed by atoms with E-state index in [2.05, 4.69) is 10.1 Å². The molecule has 2 atom stereocenters. The minimum absolute atomic E-state index is 0.133. The third-order valence-electron chi connectivity index (χ3n) is 2.84. The van der Waals surface area contributed by atoms with Crippen molar-refractivity contribution in [2.45, 2.75) is 32.0 Å². The molecule has 1 rings (SSSR count). The Hall–Kier alpha value is -0.330. The summed E-state index contributed by atoms with van der Waals surface area (Å²) < 4.78 is 45.5. The van der Waals surface area contributed by atoms with Gasteiger partial charge >= 0.3 is 6.18 Å². The van der Waals surface area contributed by atoms with Crippen LogP contribution in [0.25, 0.3) is 0 Å². The Bertz CT molecular complexity index is 205. The molecule has 0 radical (unpaired) electrons. The quantitative estimate of drug-likeness (QED) is 0.705. The summed E-state index contributed by atoms with van der Waals surface area (Å²) in [5.74, 6) is 0.393. The van der Waals surface area contributed by atoms with Gasteiger partial charge in [0.15, 0.2) is 0 Å². The van der Waals surface area contributed by atoms with Crippen molar-refractivity contribution in [3.8, 4) is 0 Å². The van der Waals surface area contributed by atoms with Gasteiger partial charge in [0, 0.05) is 19.3 Å². The van der Waals surface area contributed by atoms with Crippen LogP contribution in [-0.2, 0) is 9.47 Å². The molecule has 1 fully saturated rings. The van der Waals surface area contributed by atoms with Crippen molar-refractivity contribution >= 4 is 0 Å². The topological polar surface area (TPSA) is 30.5 Å². The van der Waals surface area contributed by atoms with Gasteiger partial charge in [0.25, 0.3) is 0 Å². The molecule has 0 amide bonds. The Morgan fingerprint density at radius 1 is 1.47 bits per heavy atom. The number of nitrogens with one attached hydrogen (secondary N) is 1. The number of alkyl halides is 3. The summed E-state index contributed by atoms with van der Waals surface area (Å²) in [5, 5.41) is 3.28. The van der Waals surface area contributed by atoms with Gasteiger partial charge in [-0.3, -0.25) is 0 Å². The van der Waals surface area contributed by atoms with Crippen LogP contribution in [0.5, 0.6) is 0 Å². The molecule has 0 aromatic rings. The largest absolute Gasteiger partial charge is 0.411 e. The lowest BCUT2D eigenvalue weighted by atomic mass is 9.96. The smallest absolute Gasteiger partial charge is 0.381 e. The number of hydrogen-bond acceptors (Lipinski definition) is 3. The van der Waals surface area contributed by atoms with E-state index in [4.69, 9.17) is 4.74 Å². The highest BCUT2D eigenvalue weighted by molar-refractivity contribution is 4.78. The fraction of sp³-hybridized carbons (Fsp3) is 1.00. The number of ether oxygens (including phenoxy) is 2. The number of hydrogen-bond donors (Lipinski definition) is 1. The highest BCUT2D eigenvalue weighted by Crippen LogP contribution is 2.20. The van der Waals surface area contributed by atoms with E-state index in [1.165, 1.54) is 0 Å². The molecule has 3 nitrogen and oxygen atoms in total. The van der Waals surface area contributed by atoms with Gasteiger partial charge in [-0.25, -0.2) is 0 Å². The summed E-state index contributed by atoms with van der Waals surface area (Å²) >= 11 is 0. The maximum Gasteiger partial charge on any atom is 0.411 e. The van der Waals surface area contributed by atoms with Crippen LogP contribution >= 0.6 is 0 Å². The van der Waals surface area contributed by atoms with Crippen LogP contribution in [0.3, 0.4) is 0 Å². The molecule has 1 heterocycles. The summed E-state index contributed by atoms with van der Waals surface area (Å²) in [4.78, 5) is 0. The average Bonchev–Trinajstić information content (AvgIpc) is 2.74. The lowest BCUT2D eigenvalue weighted by Crippen LogP contribution is -2.37. The molecule has 0 aliphatic carbocycles. The van der Waals surface area contributed by atoms with Crippen LogP contribution in [0.1, 0.15) is 19.8 Å². The molecule has 102 valence electrons. The molecule has 2 unspecified atom stereocenters. The minimum atomic E-state index is -4.23. The van der Waals surface area contributed by atoms with Crippen molar-refractivity contribution in [1.29, 1.82) is 0 Å². The van der Waals surface area contributed by atoms with Gasteiger partial charge in [0.05, 0.1) is 6.61 Å². The fourth-order valence-electron chi connectivity index (χ4n) is 2.03. The highest BCUT2D eigenvalue weighted by atomic mass is 19.4. The van der Waals surface area contributed by atoms with Crippen LogP contribution in [0.2, 0.25) is 0 Å². The first-order valence-corrected chi connectivity index (χ1v) is 5.98. The summed E-state index contributed by atoms with van der Waals surface area (Å²) in [6, 6.07) is 0.190. The molecule has 1 N–H and O–H groups in total. The lowest BCUT2D eigenvalue weighted by molar-refractivity contribution is -0.174. The predicted molar refractivity (Wildman–Crippen MR) is 57.9 cm³/mol. The van der Waals surface area contributed by atoms with E-state index < -0.39 is 12.8 Å². The molecule has 1 aliphatic heterocycles. The van der Waals surface area contributed by atoms with E-state index in [-0.39, 0.29) is 12.6 Å². The molecule has 0 aromatic carbocycles. The van der Waals surface area contributed by atoms with E-state index in [9.17, 15) is 13.2 Å². The second-order valence-corrected chi connectivity index (χ2v) is 4.24. The van der Waals surface area contributed by atoms with E-state index in [1.54, 1.807) is 0 Å². The van der Waals surface area contributed by atoms with E-state index in [1.807, 2.05) is 6.92 Å². The zero-order chi connectivity index (χ0) is 12.7. The predicted octanol–water partition coefficient (Wildman–Crippen LogP) is 1.97. The van der Waals surface area contributed by atoms with Gasteiger partial charge in [-0.1, -0.05) is 6.92 Å². The Kier molecular flexibility index (Phi) is 6.22. The molecule has 17 heavy (non-hydrogen) atoms. The normalized spacial score (nSPS) is 22.9. The van der Waals surface area contributed by atoms with Crippen molar-refractivity contribution in [3.05, 3.63) is 0 Å². The Morgan fingerprint density at radius 3 is 2.76 bits per heavy atom. The third kappa shape index (κ3) is 6.24. The van der Waals surface area contributed by atoms with Crippen molar-refractivity contribution in [2.75, 3.05) is 33.0 Å². The van der Waals surface area contributed by atoms with Crippen LogP contribution in [0.15, 0.2) is 0 Å². The van der Waals surface area contributed by atoms with Gasteiger partial charge in [-0.2, -0.15) is 13.2 Å². The highest BCUT2D eigenvalue weighted by Gasteiger charge is 2.28. The second-order valence-electron chi connectivity index (χ2n) is 4.24. The maximum absolute atomic E-state index is 11.9. The maximum atomic E-state index is 11.9. The Labute approximate surface area is 99.7 Å². The van der Waals surface area contributed by atoms with Crippen molar-refractivity contribution in [3.63, 3.8) is 0 Å². The number of halogens is 3. The average molecular weight is 255 g/mol. The van der Waals surface area contributed by atoms with Crippen molar-refractivity contribution in [1.82, 2.24) is 5.32 Å². The van der Waals surface area contributed by atoms with Gasteiger partial charge in [-0.15, -0.1) is 0 Å².